The summed E-state index contributed by atoms with van der Waals surface area (Å²) < 4.78 is 1.03. The zero-order valence-corrected chi connectivity index (χ0v) is 14.7. The van der Waals surface area contributed by atoms with Crippen LogP contribution in [0.3, 0.4) is 0 Å². The SMILES string of the molecule is C#CC(=O)NCc1cccc(NCC#Cc2ccc3nc(N)sc3c2)c1. The highest BCUT2D eigenvalue weighted by atomic mass is 32.1. The largest absolute Gasteiger partial charge is 0.375 e. The Kier molecular flexibility index (Phi) is 5.38. The number of hydrogen-bond acceptors (Lipinski definition) is 5. The Morgan fingerprint density at radius 2 is 2.15 bits per heavy atom. The number of nitrogen functional groups attached to an aromatic ring is 1. The first kappa shape index (κ1) is 17.3. The molecule has 0 aliphatic rings. The second-order valence-corrected chi connectivity index (χ2v) is 6.48. The van der Waals surface area contributed by atoms with Gasteiger partial charge in [-0.3, -0.25) is 4.79 Å². The van der Waals surface area contributed by atoms with Crippen molar-refractivity contribution >= 4 is 38.3 Å². The minimum absolute atomic E-state index is 0.391. The Balaban J connectivity index is 1.58. The van der Waals surface area contributed by atoms with E-state index in [2.05, 4.69) is 27.5 Å². The average Bonchev–Trinajstić information content (AvgIpc) is 3.03. The Labute approximate surface area is 155 Å². The van der Waals surface area contributed by atoms with Crippen LogP contribution in [-0.4, -0.2) is 17.4 Å². The molecule has 4 N–H and O–H groups in total. The summed E-state index contributed by atoms with van der Waals surface area (Å²) in [7, 11) is 0. The van der Waals surface area contributed by atoms with Gasteiger partial charge in [-0.25, -0.2) is 4.98 Å². The number of rotatable bonds is 4. The van der Waals surface area contributed by atoms with Gasteiger partial charge in [-0.2, -0.15) is 0 Å². The van der Waals surface area contributed by atoms with E-state index in [1.807, 2.05) is 48.4 Å². The van der Waals surface area contributed by atoms with Crippen LogP contribution in [0.4, 0.5) is 10.8 Å². The molecule has 0 bridgehead atoms. The zero-order chi connectivity index (χ0) is 18.4. The maximum Gasteiger partial charge on any atom is 0.295 e. The molecule has 2 aromatic carbocycles. The second kappa shape index (κ2) is 8.06. The van der Waals surface area contributed by atoms with E-state index in [0.29, 0.717) is 18.2 Å². The molecule has 0 saturated heterocycles. The molecule has 0 saturated carbocycles. The third-order valence-electron chi connectivity index (χ3n) is 3.53. The number of aromatic nitrogens is 1. The number of anilines is 2. The molecule has 5 nitrogen and oxygen atoms in total. The van der Waals surface area contributed by atoms with E-state index in [1.54, 1.807) is 0 Å². The minimum atomic E-state index is -0.422. The van der Waals surface area contributed by atoms with Crippen molar-refractivity contribution < 1.29 is 4.79 Å². The number of fused-ring (bicyclic) bond motifs is 1. The fourth-order valence-corrected chi connectivity index (χ4v) is 3.11. The zero-order valence-electron chi connectivity index (χ0n) is 13.9. The van der Waals surface area contributed by atoms with E-state index in [-0.39, 0.29) is 0 Å². The number of hydrogen-bond donors (Lipinski definition) is 3. The highest BCUT2D eigenvalue weighted by Crippen LogP contribution is 2.24. The molecule has 1 aromatic heterocycles. The first-order valence-corrected chi connectivity index (χ1v) is 8.68. The molecule has 0 fully saturated rings. The Morgan fingerprint density at radius 3 is 3.00 bits per heavy atom. The summed E-state index contributed by atoms with van der Waals surface area (Å²) in [6.07, 6.45) is 5.03. The lowest BCUT2D eigenvalue weighted by molar-refractivity contribution is -0.115. The molecular weight excluding hydrogens is 344 g/mol. The Hall–Kier alpha value is -3.48. The van der Waals surface area contributed by atoms with Gasteiger partial charge in [0.1, 0.15) is 0 Å². The van der Waals surface area contributed by atoms with Crippen molar-refractivity contribution in [3.63, 3.8) is 0 Å². The van der Waals surface area contributed by atoms with Crippen LogP contribution in [0.5, 0.6) is 0 Å². The first-order chi connectivity index (χ1) is 12.6. The lowest BCUT2D eigenvalue weighted by Crippen LogP contribution is -2.20. The van der Waals surface area contributed by atoms with Gasteiger partial charge in [0, 0.05) is 17.8 Å². The van der Waals surface area contributed by atoms with E-state index in [0.717, 1.165) is 27.0 Å². The maximum atomic E-state index is 11.1. The van der Waals surface area contributed by atoms with Crippen molar-refractivity contribution in [1.29, 1.82) is 0 Å². The van der Waals surface area contributed by atoms with Gasteiger partial charge in [0.25, 0.3) is 5.91 Å². The first-order valence-electron chi connectivity index (χ1n) is 7.86. The number of amides is 1. The molecule has 0 aliphatic carbocycles. The smallest absolute Gasteiger partial charge is 0.295 e. The van der Waals surface area contributed by atoms with Gasteiger partial charge in [-0.15, -0.1) is 6.42 Å². The molecule has 0 atom stereocenters. The fraction of sp³-hybridized carbons (Fsp3) is 0.100. The molecule has 1 amide bonds. The van der Waals surface area contributed by atoms with E-state index >= 15 is 0 Å². The molecule has 1 heterocycles. The van der Waals surface area contributed by atoms with Crippen LogP contribution in [-0.2, 0) is 11.3 Å². The summed E-state index contributed by atoms with van der Waals surface area (Å²) in [6, 6.07) is 13.6. The van der Waals surface area contributed by atoms with Gasteiger partial charge in [-0.1, -0.05) is 35.3 Å². The van der Waals surface area contributed by atoms with E-state index in [9.17, 15) is 4.79 Å². The van der Waals surface area contributed by atoms with Crippen molar-refractivity contribution in [3.8, 4) is 24.2 Å². The van der Waals surface area contributed by atoms with Gasteiger partial charge in [0.15, 0.2) is 5.13 Å². The summed E-state index contributed by atoms with van der Waals surface area (Å²) in [5, 5.41) is 6.44. The molecule has 3 aromatic rings. The van der Waals surface area contributed by atoms with Crippen molar-refractivity contribution in [2.45, 2.75) is 6.54 Å². The average molecular weight is 360 g/mol. The van der Waals surface area contributed by atoms with E-state index in [1.165, 1.54) is 11.3 Å². The molecule has 0 aliphatic heterocycles. The minimum Gasteiger partial charge on any atom is -0.375 e. The van der Waals surface area contributed by atoms with Gasteiger partial charge in [0.05, 0.1) is 16.8 Å². The normalized spacial score (nSPS) is 9.81. The molecule has 0 spiro atoms. The number of carbonyl (C=O) groups is 1. The molecular formula is C20H16N4OS. The molecule has 128 valence electrons. The third kappa shape index (κ3) is 4.54. The van der Waals surface area contributed by atoms with Gasteiger partial charge in [-0.05, 0) is 41.8 Å². The summed E-state index contributed by atoms with van der Waals surface area (Å²) >= 11 is 1.45. The number of terminal acetylenes is 1. The highest BCUT2D eigenvalue weighted by molar-refractivity contribution is 7.22. The Morgan fingerprint density at radius 1 is 1.27 bits per heavy atom. The molecule has 6 heteroatoms. The highest BCUT2D eigenvalue weighted by Gasteiger charge is 2.01. The van der Waals surface area contributed by atoms with Gasteiger partial charge >= 0.3 is 0 Å². The number of nitrogens with one attached hydrogen (secondary N) is 2. The lowest BCUT2D eigenvalue weighted by atomic mass is 10.2. The van der Waals surface area contributed by atoms with Gasteiger partial charge in [0.2, 0.25) is 0 Å². The number of thiazole rings is 1. The van der Waals surface area contributed by atoms with Crippen LogP contribution >= 0.6 is 11.3 Å². The monoisotopic (exact) mass is 360 g/mol. The predicted molar refractivity (Wildman–Crippen MR) is 107 cm³/mol. The molecule has 26 heavy (non-hydrogen) atoms. The van der Waals surface area contributed by atoms with Crippen LogP contribution in [0.2, 0.25) is 0 Å². The molecule has 3 rings (SSSR count). The van der Waals surface area contributed by atoms with Crippen molar-refractivity contribution in [3.05, 3.63) is 53.6 Å². The summed E-state index contributed by atoms with van der Waals surface area (Å²) in [5.74, 6) is 7.82. The lowest BCUT2D eigenvalue weighted by Gasteiger charge is -2.06. The summed E-state index contributed by atoms with van der Waals surface area (Å²) in [5.41, 5.74) is 9.42. The Bertz CT molecular complexity index is 1050. The topological polar surface area (TPSA) is 80.0 Å². The van der Waals surface area contributed by atoms with Crippen LogP contribution in [0.15, 0.2) is 42.5 Å². The summed E-state index contributed by atoms with van der Waals surface area (Å²) in [6.45, 7) is 0.894. The van der Waals surface area contributed by atoms with E-state index < -0.39 is 5.91 Å². The van der Waals surface area contributed by atoms with Crippen LogP contribution in [0.25, 0.3) is 10.2 Å². The third-order valence-corrected chi connectivity index (χ3v) is 4.38. The number of nitrogens with two attached hydrogens (primary N) is 1. The molecule has 0 radical (unpaired) electrons. The number of nitrogens with zero attached hydrogens (tertiary/aromatic N) is 1. The number of benzene rings is 2. The van der Waals surface area contributed by atoms with E-state index in [4.69, 9.17) is 12.2 Å². The van der Waals surface area contributed by atoms with Gasteiger partial charge < -0.3 is 16.4 Å². The number of carbonyl (C=O) groups excluding carboxylic acids is 1. The predicted octanol–water partition coefficient (Wildman–Crippen LogP) is 2.59. The maximum absolute atomic E-state index is 11.1. The van der Waals surface area contributed by atoms with Crippen molar-refractivity contribution in [1.82, 2.24) is 10.3 Å². The molecule has 0 unspecified atom stereocenters. The standard InChI is InChI=1S/C20H16N4OS/c1-2-19(25)23-13-15-5-3-7-16(11-15)22-10-4-6-14-8-9-17-18(12-14)26-20(21)24-17/h1,3,5,7-9,11-12,22H,10,13H2,(H2,21,24)(H,23,25). The van der Waals surface area contributed by atoms with Crippen LogP contribution in [0, 0.1) is 24.2 Å². The van der Waals surface area contributed by atoms with Crippen LogP contribution < -0.4 is 16.4 Å². The van der Waals surface area contributed by atoms with Crippen LogP contribution in [0.1, 0.15) is 11.1 Å². The quantitative estimate of drug-likeness (QED) is 0.625. The fourth-order valence-electron chi connectivity index (χ4n) is 2.34. The van der Waals surface area contributed by atoms with Crippen molar-refractivity contribution in [2.75, 3.05) is 17.6 Å². The van der Waals surface area contributed by atoms with Crippen molar-refractivity contribution in [2.24, 2.45) is 0 Å². The summed E-state index contributed by atoms with van der Waals surface area (Å²) in [4.78, 5) is 15.3. The second-order valence-electron chi connectivity index (χ2n) is 5.42.